The van der Waals surface area contributed by atoms with Crippen molar-refractivity contribution in [2.75, 3.05) is 0 Å². The van der Waals surface area contributed by atoms with E-state index >= 15 is 0 Å². The van der Waals surface area contributed by atoms with Crippen LogP contribution in [0.4, 0.5) is 0 Å². The van der Waals surface area contributed by atoms with Crippen LogP contribution in [0.2, 0.25) is 5.15 Å². The van der Waals surface area contributed by atoms with Gasteiger partial charge in [0.05, 0.1) is 11.7 Å². The Morgan fingerprint density at radius 2 is 2.00 bits per heavy atom. The Bertz CT molecular complexity index is 510. The summed E-state index contributed by atoms with van der Waals surface area (Å²) in [5.41, 5.74) is 1.48. The number of ether oxygens (including phenoxy) is 1. The number of carbonyl (C=O) groups is 1. The molecule has 6 heteroatoms. The minimum absolute atomic E-state index is 0.346. The van der Waals surface area contributed by atoms with Crippen LogP contribution in [0.25, 0.3) is 11.3 Å². The lowest BCUT2D eigenvalue weighted by Gasteiger charge is -2.01. The first-order valence-electron chi connectivity index (χ1n) is 4.44. The van der Waals surface area contributed by atoms with Crippen LogP contribution in [-0.4, -0.2) is 14.7 Å². The van der Waals surface area contributed by atoms with Gasteiger partial charge in [-0.15, -0.1) is 0 Å². The van der Waals surface area contributed by atoms with Crippen LogP contribution in [0, 0.1) is 0 Å². The molecule has 0 N–H and O–H groups in total. The van der Waals surface area contributed by atoms with Crippen LogP contribution >= 0.6 is 23.3 Å². The molecule has 2 rings (SSSR count). The van der Waals surface area contributed by atoms with E-state index in [0.717, 1.165) is 17.3 Å². The van der Waals surface area contributed by atoms with Crippen LogP contribution in [-0.2, 0) is 4.79 Å². The van der Waals surface area contributed by atoms with E-state index in [0.29, 0.717) is 16.6 Å². The highest BCUT2D eigenvalue weighted by Gasteiger charge is 2.08. The highest BCUT2D eigenvalue weighted by Crippen LogP contribution is 2.27. The van der Waals surface area contributed by atoms with Gasteiger partial charge in [0.2, 0.25) is 0 Å². The van der Waals surface area contributed by atoms with Crippen LogP contribution in [0.5, 0.6) is 5.75 Å². The summed E-state index contributed by atoms with van der Waals surface area (Å²) < 4.78 is 12.9. The fourth-order valence-corrected chi connectivity index (χ4v) is 1.96. The lowest BCUT2D eigenvalue weighted by Crippen LogP contribution is -2.00. The Balaban J connectivity index is 2.26. The molecule has 0 aliphatic heterocycles. The zero-order chi connectivity index (χ0) is 11.5. The maximum Gasteiger partial charge on any atom is 0.308 e. The van der Waals surface area contributed by atoms with E-state index in [2.05, 4.69) is 8.75 Å². The highest BCUT2D eigenvalue weighted by molar-refractivity contribution is 6.99. The summed E-state index contributed by atoms with van der Waals surface area (Å²) in [7, 11) is 0. The lowest BCUT2D eigenvalue weighted by atomic mass is 10.2. The van der Waals surface area contributed by atoms with Gasteiger partial charge in [-0.05, 0) is 24.3 Å². The van der Waals surface area contributed by atoms with Crippen LogP contribution in [0.3, 0.4) is 0 Å². The van der Waals surface area contributed by atoms with E-state index in [1.807, 2.05) is 0 Å². The van der Waals surface area contributed by atoms with E-state index < -0.39 is 0 Å². The third-order valence-electron chi connectivity index (χ3n) is 1.84. The SMILES string of the molecule is CC(=O)Oc1ccc(-c2nsnc2Cl)cc1. The van der Waals surface area contributed by atoms with Crippen molar-refractivity contribution in [3.63, 3.8) is 0 Å². The predicted molar refractivity (Wildman–Crippen MR) is 61.7 cm³/mol. The molecule has 0 saturated heterocycles. The van der Waals surface area contributed by atoms with Gasteiger partial charge in [-0.25, -0.2) is 0 Å². The van der Waals surface area contributed by atoms with E-state index in [1.165, 1.54) is 6.92 Å². The Morgan fingerprint density at radius 3 is 2.50 bits per heavy atom. The summed E-state index contributed by atoms with van der Waals surface area (Å²) in [6, 6.07) is 6.93. The molecule has 2 aromatic rings. The molecule has 0 radical (unpaired) electrons. The number of esters is 1. The molecule has 0 aliphatic rings. The number of carbonyl (C=O) groups excluding carboxylic acids is 1. The van der Waals surface area contributed by atoms with Crippen molar-refractivity contribution in [1.29, 1.82) is 0 Å². The maximum absolute atomic E-state index is 10.7. The fraction of sp³-hybridized carbons (Fsp3) is 0.100. The van der Waals surface area contributed by atoms with Crippen LogP contribution in [0.15, 0.2) is 24.3 Å². The van der Waals surface area contributed by atoms with Gasteiger partial charge in [-0.3, -0.25) is 4.79 Å². The second-order valence-electron chi connectivity index (χ2n) is 3.02. The largest absolute Gasteiger partial charge is 0.427 e. The van der Waals surface area contributed by atoms with Gasteiger partial charge in [-0.1, -0.05) is 11.6 Å². The number of hydrogen-bond donors (Lipinski definition) is 0. The minimum Gasteiger partial charge on any atom is -0.427 e. The molecule has 82 valence electrons. The molecule has 1 aromatic carbocycles. The molecule has 1 heterocycles. The van der Waals surface area contributed by atoms with Crippen molar-refractivity contribution in [2.24, 2.45) is 0 Å². The summed E-state index contributed by atoms with van der Waals surface area (Å²) in [6.07, 6.45) is 0. The summed E-state index contributed by atoms with van der Waals surface area (Å²) in [6.45, 7) is 1.36. The van der Waals surface area contributed by atoms with Crippen molar-refractivity contribution in [1.82, 2.24) is 8.75 Å². The van der Waals surface area contributed by atoms with Crippen LogP contribution < -0.4 is 4.74 Å². The Labute approximate surface area is 101 Å². The molecule has 0 fully saturated rings. The third-order valence-corrected chi connectivity index (χ3v) is 2.73. The van der Waals surface area contributed by atoms with Crippen LogP contribution in [0.1, 0.15) is 6.92 Å². The number of halogens is 1. The number of rotatable bonds is 2. The van der Waals surface area contributed by atoms with Crippen molar-refractivity contribution in [3.8, 4) is 17.0 Å². The number of benzene rings is 1. The van der Waals surface area contributed by atoms with Gasteiger partial charge in [0.1, 0.15) is 11.4 Å². The summed E-state index contributed by atoms with van der Waals surface area (Å²) >= 11 is 6.91. The molecule has 0 aliphatic carbocycles. The first-order valence-corrected chi connectivity index (χ1v) is 5.54. The molecule has 0 atom stereocenters. The maximum atomic E-state index is 10.7. The molecular formula is C10H7ClN2O2S. The Kier molecular flexibility index (Phi) is 3.17. The van der Waals surface area contributed by atoms with E-state index in [4.69, 9.17) is 16.3 Å². The van der Waals surface area contributed by atoms with Gasteiger partial charge in [0.25, 0.3) is 0 Å². The zero-order valence-corrected chi connectivity index (χ0v) is 9.88. The van der Waals surface area contributed by atoms with Crippen molar-refractivity contribution >= 4 is 29.3 Å². The smallest absolute Gasteiger partial charge is 0.308 e. The predicted octanol–water partition coefficient (Wildman–Crippen LogP) is 2.78. The molecule has 0 unspecified atom stereocenters. The molecule has 0 bridgehead atoms. The zero-order valence-electron chi connectivity index (χ0n) is 8.31. The number of hydrogen-bond acceptors (Lipinski definition) is 5. The van der Waals surface area contributed by atoms with Crippen molar-refractivity contribution in [3.05, 3.63) is 29.4 Å². The average molecular weight is 255 g/mol. The first kappa shape index (κ1) is 11.0. The Morgan fingerprint density at radius 1 is 1.31 bits per heavy atom. The average Bonchev–Trinajstić information content (AvgIpc) is 2.65. The standard InChI is InChI=1S/C10H7ClN2O2S/c1-6(14)15-8-4-2-7(3-5-8)9-10(11)13-16-12-9/h2-5H,1H3. The summed E-state index contributed by atoms with van der Waals surface area (Å²) in [5, 5.41) is 0.380. The molecule has 0 saturated carbocycles. The van der Waals surface area contributed by atoms with E-state index in [1.54, 1.807) is 24.3 Å². The minimum atomic E-state index is -0.346. The molecule has 0 spiro atoms. The molecule has 0 amide bonds. The number of nitrogens with zero attached hydrogens (tertiary/aromatic N) is 2. The number of aromatic nitrogens is 2. The van der Waals surface area contributed by atoms with Gasteiger partial charge < -0.3 is 4.74 Å². The van der Waals surface area contributed by atoms with Gasteiger partial charge in [0, 0.05) is 12.5 Å². The quantitative estimate of drug-likeness (QED) is 0.611. The third kappa shape index (κ3) is 2.37. The van der Waals surface area contributed by atoms with E-state index in [-0.39, 0.29) is 5.97 Å². The molecule has 4 nitrogen and oxygen atoms in total. The van der Waals surface area contributed by atoms with Crippen molar-refractivity contribution < 1.29 is 9.53 Å². The first-order chi connectivity index (χ1) is 7.66. The Hall–Kier alpha value is -1.46. The lowest BCUT2D eigenvalue weighted by molar-refractivity contribution is -0.131. The molecule has 1 aromatic heterocycles. The fourth-order valence-electron chi connectivity index (χ4n) is 1.20. The summed E-state index contributed by atoms with van der Waals surface area (Å²) in [4.78, 5) is 10.7. The van der Waals surface area contributed by atoms with Gasteiger partial charge >= 0.3 is 5.97 Å². The van der Waals surface area contributed by atoms with Crippen molar-refractivity contribution in [2.45, 2.75) is 6.92 Å². The second-order valence-corrected chi connectivity index (χ2v) is 3.91. The topological polar surface area (TPSA) is 52.1 Å². The highest BCUT2D eigenvalue weighted by atomic mass is 35.5. The summed E-state index contributed by atoms with van der Waals surface area (Å²) in [5.74, 6) is 0.150. The van der Waals surface area contributed by atoms with Gasteiger partial charge in [0.15, 0.2) is 5.15 Å². The van der Waals surface area contributed by atoms with Gasteiger partial charge in [-0.2, -0.15) is 8.75 Å². The van der Waals surface area contributed by atoms with E-state index in [9.17, 15) is 4.79 Å². The molecule has 16 heavy (non-hydrogen) atoms. The normalized spacial score (nSPS) is 10.1. The monoisotopic (exact) mass is 254 g/mol. The second kappa shape index (κ2) is 4.59. The molecular weight excluding hydrogens is 248 g/mol.